The van der Waals surface area contributed by atoms with Crippen molar-refractivity contribution in [3.8, 4) is 0 Å². The number of aliphatic hydroxyl groups is 1. The predicted molar refractivity (Wildman–Crippen MR) is 140 cm³/mol. The molecule has 1 atom stereocenters. The fourth-order valence-corrected chi connectivity index (χ4v) is 3.74. The minimum Gasteiger partial charge on any atom is -0.465 e. The summed E-state index contributed by atoms with van der Waals surface area (Å²) < 4.78 is 0. The van der Waals surface area contributed by atoms with Gasteiger partial charge in [-0.15, -0.1) is 0 Å². The van der Waals surface area contributed by atoms with Crippen LogP contribution in [0, 0.1) is 6.92 Å². The number of amides is 2. The van der Waals surface area contributed by atoms with E-state index < -0.39 is 24.6 Å². The normalized spacial score (nSPS) is 11.6. The van der Waals surface area contributed by atoms with Gasteiger partial charge < -0.3 is 26.2 Å². The summed E-state index contributed by atoms with van der Waals surface area (Å²) in [5, 5.41) is 26.0. The van der Waals surface area contributed by atoms with Gasteiger partial charge in [0.1, 0.15) is 6.04 Å². The smallest absolute Gasteiger partial charge is 0.405 e. The zero-order chi connectivity index (χ0) is 26.1. The van der Waals surface area contributed by atoms with Crippen LogP contribution in [0.5, 0.6) is 0 Å². The maximum Gasteiger partial charge on any atom is 0.405 e. The van der Waals surface area contributed by atoms with E-state index in [2.05, 4.69) is 10.6 Å². The maximum absolute atomic E-state index is 12.9. The van der Waals surface area contributed by atoms with Gasteiger partial charge in [-0.1, -0.05) is 66.2 Å². The number of aliphatic hydroxyl groups excluding tert-OH is 1. The van der Waals surface area contributed by atoms with E-state index in [9.17, 15) is 14.4 Å². The predicted octanol–water partition coefficient (Wildman–Crippen LogP) is 4.38. The largest absolute Gasteiger partial charge is 0.465 e. The molecule has 0 heterocycles. The van der Waals surface area contributed by atoms with Crippen molar-refractivity contribution in [1.82, 2.24) is 10.6 Å². The Kier molecular flexibility index (Phi) is 9.21. The lowest BCUT2D eigenvalue weighted by Gasteiger charge is -2.13. The van der Waals surface area contributed by atoms with Crippen molar-refractivity contribution in [3.05, 3.63) is 100 Å². The van der Waals surface area contributed by atoms with Gasteiger partial charge in [0, 0.05) is 29.0 Å². The Bertz CT molecular complexity index is 1290. The Balaban J connectivity index is 1.68. The molecule has 186 valence electrons. The first-order valence-electron chi connectivity index (χ1n) is 11.1. The maximum atomic E-state index is 12.9. The van der Waals surface area contributed by atoms with Crippen molar-refractivity contribution >= 4 is 46.8 Å². The topological polar surface area (TPSA) is 128 Å². The Morgan fingerprint density at radius 1 is 1.00 bits per heavy atom. The molecule has 3 rings (SSSR count). The van der Waals surface area contributed by atoms with Gasteiger partial charge in [-0.3, -0.25) is 9.59 Å². The van der Waals surface area contributed by atoms with E-state index in [0.29, 0.717) is 21.8 Å². The van der Waals surface area contributed by atoms with Gasteiger partial charge in [-0.2, -0.15) is 0 Å². The molecule has 5 N–H and O–H groups in total. The van der Waals surface area contributed by atoms with Gasteiger partial charge in [0.05, 0.1) is 11.6 Å². The summed E-state index contributed by atoms with van der Waals surface area (Å²) in [4.78, 5) is 35.6. The highest BCUT2D eigenvalue weighted by molar-refractivity contribution is 6.35. The van der Waals surface area contributed by atoms with E-state index in [1.807, 2.05) is 54.7 Å². The second-order valence-electron chi connectivity index (χ2n) is 7.88. The number of rotatable bonds is 10. The third kappa shape index (κ3) is 6.94. The molecule has 3 aromatic rings. The lowest BCUT2D eigenvalue weighted by Crippen LogP contribution is -2.48. The summed E-state index contributed by atoms with van der Waals surface area (Å²) >= 11 is 6.46. The molecule has 9 heteroatoms. The first kappa shape index (κ1) is 26.5. The molecule has 0 aliphatic carbocycles. The number of carboxylic acid groups (broad SMARTS) is 1. The zero-order valence-corrected chi connectivity index (χ0v) is 20.3. The summed E-state index contributed by atoms with van der Waals surface area (Å²) in [5.74, 6) is -0.775. The molecule has 0 aliphatic rings. The van der Waals surface area contributed by atoms with Gasteiger partial charge in [0.25, 0.3) is 0 Å². The van der Waals surface area contributed by atoms with Gasteiger partial charge >= 0.3 is 6.09 Å². The summed E-state index contributed by atoms with van der Waals surface area (Å²) in [6.07, 6.45) is 2.09. The van der Waals surface area contributed by atoms with Gasteiger partial charge in [-0.05, 0) is 42.3 Å². The van der Waals surface area contributed by atoms with Crippen molar-refractivity contribution in [3.63, 3.8) is 0 Å². The van der Waals surface area contributed by atoms with Crippen LogP contribution in [0.15, 0.2) is 72.8 Å². The van der Waals surface area contributed by atoms with Crippen LogP contribution in [-0.4, -0.2) is 47.2 Å². The molecule has 0 aliphatic heterocycles. The van der Waals surface area contributed by atoms with Crippen LogP contribution in [-0.2, 0) is 4.79 Å². The molecule has 0 radical (unpaired) electrons. The average molecular weight is 508 g/mol. The third-order valence-electron chi connectivity index (χ3n) is 5.33. The quantitative estimate of drug-likeness (QED) is 0.259. The number of hydrogen-bond acceptors (Lipinski definition) is 5. The Morgan fingerprint density at radius 3 is 2.42 bits per heavy atom. The minimum absolute atomic E-state index is 0.131. The van der Waals surface area contributed by atoms with Crippen LogP contribution in [0.2, 0.25) is 5.02 Å². The van der Waals surface area contributed by atoms with Gasteiger partial charge in [0.15, 0.2) is 5.78 Å². The molecule has 0 unspecified atom stereocenters. The number of carbonyl (C=O) groups excluding carboxylic acids is 2. The molecule has 3 aromatic carbocycles. The molecular formula is C27H26ClN3O5. The molecule has 8 nitrogen and oxygen atoms in total. The summed E-state index contributed by atoms with van der Waals surface area (Å²) in [6.45, 7) is 1.36. The highest BCUT2D eigenvalue weighted by atomic mass is 35.5. The van der Waals surface area contributed by atoms with Crippen LogP contribution in [0.3, 0.4) is 0 Å². The molecule has 0 saturated heterocycles. The molecule has 0 spiro atoms. The number of hydrogen-bond donors (Lipinski definition) is 5. The zero-order valence-electron chi connectivity index (χ0n) is 19.5. The summed E-state index contributed by atoms with van der Waals surface area (Å²) in [5.41, 5.74) is 4.19. The Hall–Kier alpha value is -4.14. The fraction of sp³-hybridized carbons (Fsp3) is 0.148. The number of halogens is 1. The number of benzene rings is 3. The van der Waals surface area contributed by atoms with Crippen LogP contribution in [0.4, 0.5) is 16.2 Å². The standard InChI is InChI=1S/C27H26ClN3O5/c1-17-7-2-4-10-20(17)25(33)21-13-12-19(15-22(21)28)30-23-11-5-3-8-18(23)9-6-14-29-26(34)24(16-32)31-27(35)36/h2-13,15,24,30-32H,14,16H2,1H3,(H,29,34)(H,35,36)/t24-/m1/s1. The lowest BCUT2D eigenvalue weighted by atomic mass is 9.99. The number of aryl methyl sites for hydroxylation is 1. The van der Waals surface area contributed by atoms with Crippen molar-refractivity contribution in [2.75, 3.05) is 18.5 Å². The summed E-state index contributed by atoms with van der Waals surface area (Å²) in [6, 6.07) is 18.7. The molecule has 2 amide bonds. The van der Waals surface area contributed by atoms with Gasteiger partial charge in [0.2, 0.25) is 5.91 Å². The van der Waals surface area contributed by atoms with E-state index in [-0.39, 0.29) is 12.3 Å². The molecule has 0 saturated carbocycles. The number of carbonyl (C=O) groups is 3. The van der Waals surface area contributed by atoms with Crippen molar-refractivity contribution in [1.29, 1.82) is 0 Å². The molecule has 0 bridgehead atoms. The second-order valence-corrected chi connectivity index (χ2v) is 8.29. The fourth-order valence-electron chi connectivity index (χ4n) is 3.47. The Morgan fingerprint density at radius 2 is 1.72 bits per heavy atom. The summed E-state index contributed by atoms with van der Waals surface area (Å²) in [7, 11) is 0. The monoisotopic (exact) mass is 507 g/mol. The minimum atomic E-state index is -1.40. The van der Waals surface area contributed by atoms with E-state index in [1.165, 1.54) is 0 Å². The SMILES string of the molecule is Cc1ccccc1C(=O)c1ccc(Nc2ccccc2C=CCNC(=O)[C@@H](CO)NC(=O)O)cc1Cl. The van der Waals surface area contributed by atoms with Crippen LogP contribution >= 0.6 is 11.6 Å². The highest BCUT2D eigenvalue weighted by Gasteiger charge is 2.18. The highest BCUT2D eigenvalue weighted by Crippen LogP contribution is 2.28. The van der Waals surface area contributed by atoms with Crippen molar-refractivity contribution in [2.45, 2.75) is 13.0 Å². The van der Waals surface area contributed by atoms with Crippen molar-refractivity contribution in [2.24, 2.45) is 0 Å². The van der Waals surface area contributed by atoms with E-state index in [4.69, 9.17) is 21.8 Å². The van der Waals surface area contributed by atoms with Crippen LogP contribution in [0.25, 0.3) is 6.08 Å². The first-order chi connectivity index (χ1) is 17.3. The molecule has 0 aromatic heterocycles. The first-order valence-corrected chi connectivity index (χ1v) is 11.5. The van der Waals surface area contributed by atoms with Gasteiger partial charge in [-0.25, -0.2) is 4.79 Å². The third-order valence-corrected chi connectivity index (χ3v) is 5.64. The number of ketones is 1. The molecule has 36 heavy (non-hydrogen) atoms. The van der Waals surface area contributed by atoms with E-state index in [1.54, 1.807) is 36.4 Å². The van der Waals surface area contributed by atoms with E-state index in [0.717, 1.165) is 16.8 Å². The molecular weight excluding hydrogens is 482 g/mol. The van der Waals surface area contributed by atoms with Crippen molar-refractivity contribution < 1.29 is 24.6 Å². The lowest BCUT2D eigenvalue weighted by molar-refractivity contribution is -0.123. The second kappa shape index (κ2) is 12.5. The van der Waals surface area contributed by atoms with Crippen LogP contribution in [0.1, 0.15) is 27.0 Å². The Labute approximate surface area is 213 Å². The van der Waals surface area contributed by atoms with E-state index >= 15 is 0 Å². The van der Waals surface area contributed by atoms with Crippen LogP contribution < -0.4 is 16.0 Å². The number of para-hydroxylation sites is 1. The molecule has 0 fully saturated rings. The average Bonchev–Trinajstić information content (AvgIpc) is 2.86. The number of anilines is 2. The number of nitrogens with one attached hydrogen (secondary N) is 3.